The van der Waals surface area contributed by atoms with Crippen LogP contribution in [0.2, 0.25) is 0 Å². The van der Waals surface area contributed by atoms with Crippen LogP contribution in [0.5, 0.6) is 0 Å². The Morgan fingerprint density at radius 2 is 2.12 bits per heavy atom. The summed E-state index contributed by atoms with van der Waals surface area (Å²) in [4.78, 5) is 0. The largest absolute Gasteiger partial charge is 0.362 e. The van der Waals surface area contributed by atoms with E-state index in [-0.39, 0.29) is 0 Å². The van der Waals surface area contributed by atoms with Crippen LogP contribution >= 0.6 is 28.1 Å². The van der Waals surface area contributed by atoms with Gasteiger partial charge in [-0.15, -0.1) is 0 Å². The standard InChI is InChI=1S/C13H19BrN2S/c1-3-5-8-15-13(17)16-12-7-6-11(14)9-10(12)4-2/h6-7,9H,3-5,8H2,1-2H3,(H2,15,16,17). The van der Waals surface area contributed by atoms with Gasteiger partial charge in [0.2, 0.25) is 0 Å². The van der Waals surface area contributed by atoms with Gasteiger partial charge in [0, 0.05) is 16.7 Å². The fourth-order valence-electron chi connectivity index (χ4n) is 1.52. The first-order chi connectivity index (χ1) is 8.17. The Balaban J connectivity index is 2.58. The van der Waals surface area contributed by atoms with E-state index in [1.54, 1.807) is 0 Å². The highest BCUT2D eigenvalue weighted by atomic mass is 79.9. The van der Waals surface area contributed by atoms with Crippen molar-refractivity contribution < 1.29 is 0 Å². The Morgan fingerprint density at radius 1 is 1.35 bits per heavy atom. The van der Waals surface area contributed by atoms with E-state index in [0.717, 1.165) is 29.5 Å². The maximum atomic E-state index is 5.26. The molecule has 0 radical (unpaired) electrons. The molecule has 0 aliphatic carbocycles. The molecule has 2 N–H and O–H groups in total. The van der Waals surface area contributed by atoms with E-state index in [1.165, 1.54) is 12.0 Å². The molecule has 0 aromatic heterocycles. The maximum Gasteiger partial charge on any atom is 0.170 e. The Morgan fingerprint density at radius 3 is 2.76 bits per heavy atom. The number of benzene rings is 1. The molecule has 1 rings (SSSR count). The number of anilines is 1. The van der Waals surface area contributed by atoms with Gasteiger partial charge in [-0.1, -0.05) is 36.2 Å². The molecular weight excluding hydrogens is 296 g/mol. The quantitative estimate of drug-likeness (QED) is 0.632. The molecular formula is C13H19BrN2S. The molecule has 0 atom stereocenters. The first-order valence-electron chi connectivity index (χ1n) is 6.00. The summed E-state index contributed by atoms with van der Waals surface area (Å²) in [6.45, 7) is 5.24. The van der Waals surface area contributed by atoms with E-state index >= 15 is 0 Å². The lowest BCUT2D eigenvalue weighted by Gasteiger charge is -2.13. The topological polar surface area (TPSA) is 24.1 Å². The molecule has 0 bridgehead atoms. The van der Waals surface area contributed by atoms with Crippen LogP contribution in [0.4, 0.5) is 5.69 Å². The molecule has 0 saturated carbocycles. The van der Waals surface area contributed by atoms with E-state index in [4.69, 9.17) is 12.2 Å². The number of aryl methyl sites for hydroxylation is 1. The summed E-state index contributed by atoms with van der Waals surface area (Å²) in [5.41, 5.74) is 2.35. The normalized spacial score (nSPS) is 10.1. The van der Waals surface area contributed by atoms with Gasteiger partial charge in [-0.2, -0.15) is 0 Å². The first kappa shape index (κ1) is 14.5. The second kappa shape index (κ2) is 7.67. The molecule has 94 valence electrons. The molecule has 0 spiro atoms. The van der Waals surface area contributed by atoms with Crippen molar-refractivity contribution in [2.75, 3.05) is 11.9 Å². The summed E-state index contributed by atoms with van der Waals surface area (Å²) in [5, 5.41) is 7.16. The maximum absolute atomic E-state index is 5.26. The lowest BCUT2D eigenvalue weighted by Crippen LogP contribution is -2.29. The van der Waals surface area contributed by atoms with Gasteiger partial charge in [0.15, 0.2) is 5.11 Å². The second-order valence-electron chi connectivity index (χ2n) is 3.89. The van der Waals surface area contributed by atoms with E-state index in [9.17, 15) is 0 Å². The first-order valence-corrected chi connectivity index (χ1v) is 7.20. The van der Waals surface area contributed by atoms with Crippen LogP contribution in [0.15, 0.2) is 22.7 Å². The van der Waals surface area contributed by atoms with Crippen molar-refractivity contribution in [1.82, 2.24) is 5.32 Å². The number of nitrogens with one attached hydrogen (secondary N) is 2. The Hall–Kier alpha value is -0.610. The predicted octanol–water partition coefficient (Wildman–Crippen LogP) is 4.10. The minimum absolute atomic E-state index is 0.704. The highest BCUT2D eigenvalue weighted by molar-refractivity contribution is 9.10. The number of unbranched alkanes of at least 4 members (excludes halogenated alkanes) is 1. The lowest BCUT2D eigenvalue weighted by atomic mass is 10.1. The van der Waals surface area contributed by atoms with Crippen molar-refractivity contribution in [3.8, 4) is 0 Å². The third-order valence-electron chi connectivity index (χ3n) is 2.51. The van der Waals surface area contributed by atoms with E-state index < -0.39 is 0 Å². The van der Waals surface area contributed by atoms with Crippen LogP contribution in [0.3, 0.4) is 0 Å². The van der Waals surface area contributed by atoms with Crippen LogP contribution in [-0.2, 0) is 6.42 Å². The summed E-state index contributed by atoms with van der Waals surface area (Å²) in [6.07, 6.45) is 3.30. The number of rotatable bonds is 5. The summed E-state index contributed by atoms with van der Waals surface area (Å²) in [7, 11) is 0. The number of halogens is 1. The molecule has 0 saturated heterocycles. The third kappa shape index (κ3) is 5.04. The fraction of sp³-hybridized carbons (Fsp3) is 0.462. The van der Waals surface area contributed by atoms with Crippen LogP contribution in [-0.4, -0.2) is 11.7 Å². The monoisotopic (exact) mass is 314 g/mol. The molecule has 0 aliphatic heterocycles. The van der Waals surface area contributed by atoms with E-state index in [1.807, 2.05) is 6.07 Å². The molecule has 1 aromatic rings. The van der Waals surface area contributed by atoms with Crippen LogP contribution in [0.1, 0.15) is 32.3 Å². The SMILES string of the molecule is CCCCNC(=S)Nc1ccc(Br)cc1CC. The van der Waals surface area contributed by atoms with Crippen molar-refractivity contribution in [3.05, 3.63) is 28.2 Å². The molecule has 0 unspecified atom stereocenters. The van der Waals surface area contributed by atoms with Gasteiger partial charge >= 0.3 is 0 Å². The molecule has 1 aromatic carbocycles. The summed E-state index contributed by atoms with van der Waals surface area (Å²) in [5.74, 6) is 0. The highest BCUT2D eigenvalue weighted by Crippen LogP contribution is 2.21. The minimum atomic E-state index is 0.704. The minimum Gasteiger partial charge on any atom is -0.362 e. The van der Waals surface area contributed by atoms with Gasteiger partial charge in [-0.25, -0.2) is 0 Å². The van der Waals surface area contributed by atoms with Crippen molar-refractivity contribution in [1.29, 1.82) is 0 Å². The van der Waals surface area contributed by atoms with Crippen molar-refractivity contribution in [2.24, 2.45) is 0 Å². The predicted molar refractivity (Wildman–Crippen MR) is 82.7 cm³/mol. The van der Waals surface area contributed by atoms with E-state index in [0.29, 0.717) is 5.11 Å². The summed E-state index contributed by atoms with van der Waals surface area (Å²) < 4.78 is 1.10. The van der Waals surface area contributed by atoms with Crippen molar-refractivity contribution in [2.45, 2.75) is 33.1 Å². The molecule has 0 aliphatic rings. The molecule has 4 heteroatoms. The Bertz CT molecular complexity index is 380. The zero-order chi connectivity index (χ0) is 12.7. The fourth-order valence-corrected chi connectivity index (χ4v) is 2.14. The average molecular weight is 315 g/mol. The van der Waals surface area contributed by atoms with Crippen LogP contribution in [0.25, 0.3) is 0 Å². The smallest absolute Gasteiger partial charge is 0.170 e. The molecule has 17 heavy (non-hydrogen) atoms. The molecule has 0 amide bonds. The van der Waals surface area contributed by atoms with Crippen LogP contribution in [0, 0.1) is 0 Å². The number of hydrogen-bond donors (Lipinski definition) is 2. The summed E-state index contributed by atoms with van der Waals surface area (Å²) in [6, 6.07) is 6.20. The Labute approximate surface area is 117 Å². The molecule has 2 nitrogen and oxygen atoms in total. The van der Waals surface area contributed by atoms with Crippen LogP contribution < -0.4 is 10.6 Å². The van der Waals surface area contributed by atoms with Gasteiger partial charge in [0.1, 0.15) is 0 Å². The molecule has 0 fully saturated rings. The zero-order valence-corrected chi connectivity index (χ0v) is 12.7. The second-order valence-corrected chi connectivity index (χ2v) is 5.21. The van der Waals surface area contributed by atoms with E-state index in [2.05, 4.69) is 52.5 Å². The molecule has 0 heterocycles. The zero-order valence-electron chi connectivity index (χ0n) is 10.3. The van der Waals surface area contributed by atoms with Gasteiger partial charge in [0.05, 0.1) is 0 Å². The lowest BCUT2D eigenvalue weighted by molar-refractivity contribution is 0.758. The Kier molecular flexibility index (Phi) is 6.52. The van der Waals surface area contributed by atoms with Gasteiger partial charge in [-0.3, -0.25) is 0 Å². The van der Waals surface area contributed by atoms with Crippen molar-refractivity contribution >= 4 is 38.9 Å². The highest BCUT2D eigenvalue weighted by Gasteiger charge is 2.03. The summed E-state index contributed by atoms with van der Waals surface area (Å²) >= 11 is 8.73. The number of hydrogen-bond acceptors (Lipinski definition) is 1. The van der Waals surface area contributed by atoms with Crippen molar-refractivity contribution in [3.63, 3.8) is 0 Å². The third-order valence-corrected chi connectivity index (χ3v) is 3.25. The average Bonchev–Trinajstić information content (AvgIpc) is 2.32. The van der Waals surface area contributed by atoms with Gasteiger partial charge in [-0.05, 0) is 48.8 Å². The van der Waals surface area contributed by atoms with Gasteiger partial charge in [0.25, 0.3) is 0 Å². The van der Waals surface area contributed by atoms with Gasteiger partial charge < -0.3 is 10.6 Å². The number of thiocarbonyl (C=S) groups is 1.